The van der Waals surface area contributed by atoms with Gasteiger partial charge in [-0.1, -0.05) is 18.2 Å². The molecule has 0 aliphatic carbocycles. The Hall–Kier alpha value is -2.64. The number of rotatable bonds is 6. The van der Waals surface area contributed by atoms with Crippen LogP contribution in [0.3, 0.4) is 0 Å². The Morgan fingerprint density at radius 3 is 2.29 bits per heavy atom. The number of sulfonamides is 1. The maximum absolute atomic E-state index is 12.5. The van der Waals surface area contributed by atoms with Crippen molar-refractivity contribution in [2.45, 2.75) is 37.8 Å². The molecule has 1 atom stereocenters. The molecule has 0 bridgehead atoms. The van der Waals surface area contributed by atoms with Crippen LogP contribution in [-0.2, 0) is 10.0 Å². The van der Waals surface area contributed by atoms with E-state index in [1.165, 1.54) is 35.6 Å². The Morgan fingerprint density at radius 2 is 1.68 bits per heavy atom. The van der Waals surface area contributed by atoms with E-state index in [9.17, 15) is 13.2 Å². The number of nitrogens with one attached hydrogen (secondary N) is 1. The van der Waals surface area contributed by atoms with E-state index in [0.717, 1.165) is 11.0 Å². The molecule has 3 aromatic rings. The second-order valence-corrected chi connectivity index (χ2v) is 9.02. The lowest BCUT2D eigenvalue weighted by atomic mass is 10.1. The van der Waals surface area contributed by atoms with Crippen molar-refractivity contribution in [3.63, 3.8) is 0 Å². The van der Waals surface area contributed by atoms with Crippen molar-refractivity contribution in [3.05, 3.63) is 65.9 Å². The average molecular weight is 401 g/mol. The average Bonchev–Trinajstić information content (AvgIpc) is 3.11. The molecular formula is C21H24N2O4S. The lowest BCUT2D eigenvalue weighted by Gasteiger charge is -2.21. The molecule has 7 heteroatoms. The van der Waals surface area contributed by atoms with E-state index in [1.807, 2.05) is 37.3 Å². The first-order chi connectivity index (χ1) is 13.2. The minimum absolute atomic E-state index is 0.155. The molecule has 2 aromatic carbocycles. The fraction of sp³-hybridized carbons (Fsp3) is 0.286. The van der Waals surface area contributed by atoms with Crippen LogP contribution >= 0.6 is 0 Å². The maximum Gasteiger partial charge on any atom is 0.251 e. The fourth-order valence-electron chi connectivity index (χ4n) is 2.79. The van der Waals surface area contributed by atoms with Crippen LogP contribution in [0.25, 0.3) is 11.0 Å². The zero-order valence-corrected chi connectivity index (χ0v) is 17.2. The summed E-state index contributed by atoms with van der Waals surface area (Å²) in [6.07, 6.45) is 0. The van der Waals surface area contributed by atoms with Crippen molar-refractivity contribution >= 4 is 26.9 Å². The molecule has 0 saturated carbocycles. The van der Waals surface area contributed by atoms with E-state index in [2.05, 4.69) is 5.32 Å². The van der Waals surface area contributed by atoms with E-state index < -0.39 is 10.0 Å². The third-order valence-electron chi connectivity index (χ3n) is 4.74. The molecule has 0 aliphatic heterocycles. The highest BCUT2D eigenvalue weighted by Crippen LogP contribution is 2.24. The molecule has 1 heterocycles. The minimum atomic E-state index is -3.57. The molecule has 3 rings (SSSR count). The topological polar surface area (TPSA) is 79.6 Å². The smallest absolute Gasteiger partial charge is 0.251 e. The number of para-hydroxylation sites is 1. The van der Waals surface area contributed by atoms with Crippen LogP contribution < -0.4 is 5.32 Å². The Morgan fingerprint density at radius 1 is 1.04 bits per heavy atom. The fourth-order valence-corrected chi connectivity index (χ4v) is 4.16. The third kappa shape index (κ3) is 3.95. The van der Waals surface area contributed by atoms with Crippen molar-refractivity contribution in [1.82, 2.24) is 9.62 Å². The predicted molar refractivity (Wildman–Crippen MR) is 109 cm³/mol. The molecule has 28 heavy (non-hydrogen) atoms. The first-order valence-electron chi connectivity index (χ1n) is 9.07. The van der Waals surface area contributed by atoms with Crippen LogP contribution in [0.5, 0.6) is 0 Å². The van der Waals surface area contributed by atoms with Crippen molar-refractivity contribution in [2.24, 2.45) is 0 Å². The lowest BCUT2D eigenvalue weighted by molar-refractivity contribution is 0.0935. The SMILES string of the molecule is CC(NC(=O)c1ccc(S(=O)(=O)N(C)C(C)C)cc1)c1cc2ccccc2o1. The normalized spacial score (nSPS) is 13.2. The predicted octanol–water partition coefficient (Wildman–Crippen LogP) is 3.95. The van der Waals surface area contributed by atoms with E-state index in [1.54, 1.807) is 13.8 Å². The Kier molecular flexibility index (Phi) is 5.58. The standard InChI is InChI=1S/C21H24N2O4S/c1-14(2)23(4)28(25,26)18-11-9-16(10-12-18)21(24)22-15(3)20-13-17-7-5-6-8-19(17)27-20/h5-15H,1-4H3,(H,22,24). The summed E-state index contributed by atoms with van der Waals surface area (Å²) in [4.78, 5) is 12.7. The van der Waals surface area contributed by atoms with Crippen LogP contribution in [-0.4, -0.2) is 31.7 Å². The molecule has 1 aromatic heterocycles. The molecule has 0 fully saturated rings. The number of carbonyl (C=O) groups excluding carboxylic acids is 1. The molecule has 0 saturated heterocycles. The van der Waals surface area contributed by atoms with Crippen LogP contribution in [0.15, 0.2) is 63.9 Å². The number of fused-ring (bicyclic) bond motifs is 1. The maximum atomic E-state index is 12.5. The van der Waals surface area contributed by atoms with Gasteiger partial charge in [-0.2, -0.15) is 4.31 Å². The van der Waals surface area contributed by atoms with Gasteiger partial charge in [0.2, 0.25) is 10.0 Å². The van der Waals surface area contributed by atoms with E-state index in [-0.39, 0.29) is 22.9 Å². The van der Waals surface area contributed by atoms with Gasteiger partial charge in [-0.15, -0.1) is 0 Å². The first-order valence-corrected chi connectivity index (χ1v) is 10.5. The van der Waals surface area contributed by atoms with Gasteiger partial charge in [-0.05, 0) is 57.2 Å². The van der Waals surface area contributed by atoms with Gasteiger partial charge in [-0.3, -0.25) is 4.79 Å². The first kappa shape index (κ1) is 20.1. The lowest BCUT2D eigenvalue weighted by Crippen LogP contribution is -2.33. The van der Waals surface area contributed by atoms with Crippen LogP contribution in [0.4, 0.5) is 0 Å². The summed E-state index contributed by atoms with van der Waals surface area (Å²) in [6, 6.07) is 15.0. The Bertz CT molecular complexity index is 1050. The molecular weight excluding hydrogens is 376 g/mol. The minimum Gasteiger partial charge on any atom is -0.459 e. The van der Waals surface area contributed by atoms with E-state index in [0.29, 0.717) is 11.3 Å². The Labute approximate surface area is 165 Å². The molecule has 0 radical (unpaired) electrons. The van der Waals surface area contributed by atoms with E-state index in [4.69, 9.17) is 4.42 Å². The number of benzene rings is 2. The highest BCUT2D eigenvalue weighted by atomic mass is 32.2. The molecule has 0 spiro atoms. The molecule has 1 N–H and O–H groups in total. The molecule has 6 nitrogen and oxygen atoms in total. The zero-order valence-electron chi connectivity index (χ0n) is 16.3. The second-order valence-electron chi connectivity index (χ2n) is 7.02. The van der Waals surface area contributed by atoms with Crippen molar-refractivity contribution < 1.29 is 17.6 Å². The van der Waals surface area contributed by atoms with Crippen molar-refractivity contribution in [1.29, 1.82) is 0 Å². The summed E-state index contributed by atoms with van der Waals surface area (Å²) in [7, 11) is -2.04. The molecule has 148 valence electrons. The number of hydrogen-bond donors (Lipinski definition) is 1. The molecule has 1 amide bonds. The summed E-state index contributed by atoms with van der Waals surface area (Å²) in [5.74, 6) is 0.362. The highest BCUT2D eigenvalue weighted by Gasteiger charge is 2.23. The van der Waals surface area contributed by atoms with Gasteiger partial charge in [0.25, 0.3) is 5.91 Å². The number of nitrogens with zero attached hydrogens (tertiary/aromatic N) is 1. The second kappa shape index (κ2) is 7.77. The van der Waals surface area contributed by atoms with Crippen molar-refractivity contribution in [2.75, 3.05) is 7.05 Å². The Balaban J connectivity index is 1.74. The monoisotopic (exact) mass is 400 g/mol. The molecule has 1 unspecified atom stereocenters. The summed E-state index contributed by atoms with van der Waals surface area (Å²) < 4.78 is 32.1. The number of amides is 1. The number of hydrogen-bond acceptors (Lipinski definition) is 4. The van der Waals surface area contributed by atoms with Crippen LogP contribution in [0.2, 0.25) is 0 Å². The van der Waals surface area contributed by atoms with E-state index >= 15 is 0 Å². The zero-order chi connectivity index (χ0) is 20.5. The summed E-state index contributed by atoms with van der Waals surface area (Å²) in [5, 5.41) is 3.85. The van der Waals surface area contributed by atoms with Gasteiger partial charge in [0.1, 0.15) is 11.3 Å². The van der Waals surface area contributed by atoms with Gasteiger partial charge < -0.3 is 9.73 Å². The summed E-state index contributed by atoms with van der Waals surface area (Å²) in [5.41, 5.74) is 1.15. The van der Waals surface area contributed by atoms with Gasteiger partial charge >= 0.3 is 0 Å². The van der Waals surface area contributed by atoms with Crippen molar-refractivity contribution in [3.8, 4) is 0 Å². The van der Waals surface area contributed by atoms with Gasteiger partial charge in [0.15, 0.2) is 0 Å². The number of furan rings is 1. The van der Waals surface area contributed by atoms with Gasteiger partial charge in [0, 0.05) is 24.0 Å². The number of carbonyl (C=O) groups is 1. The quantitative estimate of drug-likeness (QED) is 0.679. The van der Waals surface area contributed by atoms with Crippen LogP contribution in [0.1, 0.15) is 42.9 Å². The largest absolute Gasteiger partial charge is 0.459 e. The summed E-state index contributed by atoms with van der Waals surface area (Å²) >= 11 is 0. The van der Waals surface area contributed by atoms with Gasteiger partial charge in [-0.25, -0.2) is 8.42 Å². The van der Waals surface area contributed by atoms with Crippen LogP contribution in [0, 0.1) is 0 Å². The summed E-state index contributed by atoms with van der Waals surface area (Å²) in [6.45, 7) is 5.45. The van der Waals surface area contributed by atoms with Gasteiger partial charge in [0.05, 0.1) is 10.9 Å². The third-order valence-corrected chi connectivity index (χ3v) is 6.79. The highest BCUT2D eigenvalue weighted by molar-refractivity contribution is 7.89. The molecule has 0 aliphatic rings.